The van der Waals surface area contributed by atoms with Crippen LogP contribution in [0.15, 0.2) is 17.3 Å². The Labute approximate surface area is 126 Å². The molecule has 0 atom stereocenters. The average molecular weight is 311 g/mol. The third-order valence-corrected chi connectivity index (χ3v) is 4.64. The lowest BCUT2D eigenvalue weighted by atomic mass is 10.3. The number of aromatic nitrogens is 3. The van der Waals surface area contributed by atoms with Crippen LogP contribution in [0.5, 0.6) is 0 Å². The fourth-order valence-electron chi connectivity index (χ4n) is 1.85. The standard InChI is InChI=1S/C13H17N3O2S2/c1-3-4-11-14-15-13(19-8-12(17)18)16(11)7-10-6-5-9(2)20-10/h5-6H,3-4,7-8H2,1-2H3,(H,17,18). The van der Waals surface area contributed by atoms with Crippen molar-refractivity contribution >= 4 is 29.1 Å². The monoisotopic (exact) mass is 311 g/mol. The van der Waals surface area contributed by atoms with Gasteiger partial charge in [-0.1, -0.05) is 18.7 Å². The van der Waals surface area contributed by atoms with E-state index in [4.69, 9.17) is 5.11 Å². The molecule has 0 aliphatic heterocycles. The van der Waals surface area contributed by atoms with E-state index < -0.39 is 5.97 Å². The Balaban J connectivity index is 2.21. The van der Waals surface area contributed by atoms with E-state index in [1.807, 2.05) is 4.57 Å². The van der Waals surface area contributed by atoms with Gasteiger partial charge in [0.2, 0.25) is 0 Å². The predicted molar refractivity (Wildman–Crippen MR) is 80.5 cm³/mol. The molecule has 0 spiro atoms. The summed E-state index contributed by atoms with van der Waals surface area (Å²) in [6, 6.07) is 4.19. The fourth-order valence-corrected chi connectivity index (χ4v) is 3.40. The van der Waals surface area contributed by atoms with Crippen molar-refractivity contribution in [1.82, 2.24) is 14.8 Å². The van der Waals surface area contributed by atoms with Crippen molar-refractivity contribution in [3.63, 3.8) is 0 Å². The van der Waals surface area contributed by atoms with Gasteiger partial charge >= 0.3 is 5.97 Å². The number of hydrogen-bond donors (Lipinski definition) is 1. The zero-order valence-electron chi connectivity index (χ0n) is 11.5. The Kier molecular flexibility index (Phi) is 5.19. The third kappa shape index (κ3) is 3.83. The number of rotatable bonds is 7. The Bertz CT molecular complexity index is 592. The number of thioether (sulfide) groups is 1. The highest BCUT2D eigenvalue weighted by Gasteiger charge is 2.14. The van der Waals surface area contributed by atoms with Crippen LogP contribution in [0.25, 0.3) is 0 Å². The summed E-state index contributed by atoms with van der Waals surface area (Å²) in [4.78, 5) is 13.2. The van der Waals surface area contributed by atoms with Crippen molar-refractivity contribution in [2.24, 2.45) is 0 Å². The number of nitrogens with zero attached hydrogens (tertiary/aromatic N) is 3. The molecule has 2 rings (SSSR count). The Morgan fingerprint density at radius 1 is 1.45 bits per heavy atom. The lowest BCUT2D eigenvalue weighted by Gasteiger charge is -2.07. The maximum absolute atomic E-state index is 10.7. The Hall–Kier alpha value is -1.34. The van der Waals surface area contributed by atoms with Crippen molar-refractivity contribution in [1.29, 1.82) is 0 Å². The van der Waals surface area contributed by atoms with Gasteiger partial charge in [0.25, 0.3) is 0 Å². The molecule has 0 aliphatic rings. The van der Waals surface area contributed by atoms with E-state index in [2.05, 4.69) is 36.2 Å². The summed E-state index contributed by atoms with van der Waals surface area (Å²) in [5.74, 6) is 0.0910. The smallest absolute Gasteiger partial charge is 0.313 e. The molecule has 2 heterocycles. The minimum atomic E-state index is -0.839. The van der Waals surface area contributed by atoms with Gasteiger partial charge < -0.3 is 9.67 Å². The first-order chi connectivity index (χ1) is 9.60. The van der Waals surface area contributed by atoms with E-state index >= 15 is 0 Å². The third-order valence-electron chi connectivity index (χ3n) is 2.70. The van der Waals surface area contributed by atoms with Crippen LogP contribution in [0.1, 0.15) is 28.9 Å². The first-order valence-electron chi connectivity index (χ1n) is 6.42. The molecular weight excluding hydrogens is 294 g/mol. The molecule has 0 bridgehead atoms. The molecule has 7 heteroatoms. The molecule has 108 valence electrons. The number of carboxylic acids is 1. The number of thiophene rings is 1. The summed E-state index contributed by atoms with van der Waals surface area (Å²) < 4.78 is 2.03. The van der Waals surface area contributed by atoms with E-state index in [0.29, 0.717) is 11.7 Å². The van der Waals surface area contributed by atoms with Gasteiger partial charge in [-0.25, -0.2) is 0 Å². The van der Waals surface area contributed by atoms with Crippen molar-refractivity contribution < 1.29 is 9.90 Å². The molecule has 0 fully saturated rings. The Morgan fingerprint density at radius 3 is 2.85 bits per heavy atom. The molecule has 5 nitrogen and oxygen atoms in total. The number of aliphatic carboxylic acids is 1. The van der Waals surface area contributed by atoms with Crippen LogP contribution in [0, 0.1) is 6.92 Å². The largest absolute Gasteiger partial charge is 0.481 e. The molecule has 2 aromatic rings. The van der Waals surface area contributed by atoms with Crippen LogP contribution in [-0.2, 0) is 17.8 Å². The summed E-state index contributed by atoms with van der Waals surface area (Å²) in [5, 5.41) is 17.8. The summed E-state index contributed by atoms with van der Waals surface area (Å²) in [6.45, 7) is 4.88. The van der Waals surface area contributed by atoms with Gasteiger partial charge in [-0.05, 0) is 25.5 Å². The second kappa shape index (κ2) is 6.90. The lowest BCUT2D eigenvalue weighted by Crippen LogP contribution is -2.07. The highest BCUT2D eigenvalue weighted by molar-refractivity contribution is 7.99. The van der Waals surface area contributed by atoms with Gasteiger partial charge in [0.15, 0.2) is 5.16 Å². The van der Waals surface area contributed by atoms with Crippen LogP contribution < -0.4 is 0 Å². The lowest BCUT2D eigenvalue weighted by molar-refractivity contribution is -0.133. The van der Waals surface area contributed by atoms with Gasteiger partial charge in [-0.15, -0.1) is 21.5 Å². The number of hydrogen-bond acceptors (Lipinski definition) is 5. The quantitative estimate of drug-likeness (QED) is 0.796. The van der Waals surface area contributed by atoms with E-state index in [-0.39, 0.29) is 5.75 Å². The van der Waals surface area contributed by atoms with Crippen LogP contribution in [0.2, 0.25) is 0 Å². The number of carboxylic acid groups (broad SMARTS) is 1. The second-order valence-electron chi connectivity index (χ2n) is 4.43. The molecular formula is C13H17N3O2S2. The molecule has 0 unspecified atom stereocenters. The van der Waals surface area contributed by atoms with Gasteiger partial charge in [-0.3, -0.25) is 4.79 Å². The zero-order valence-corrected chi connectivity index (χ0v) is 13.1. The van der Waals surface area contributed by atoms with E-state index in [9.17, 15) is 4.79 Å². The SMILES string of the molecule is CCCc1nnc(SCC(=O)O)n1Cc1ccc(C)s1. The number of aryl methyl sites for hydroxylation is 2. The van der Waals surface area contributed by atoms with Crippen LogP contribution in [-0.4, -0.2) is 31.6 Å². The van der Waals surface area contributed by atoms with Crippen molar-refractivity contribution in [2.75, 3.05) is 5.75 Å². The molecule has 0 aromatic carbocycles. The molecule has 1 N–H and O–H groups in total. The van der Waals surface area contributed by atoms with E-state index in [1.54, 1.807) is 11.3 Å². The molecule has 2 aromatic heterocycles. The molecule has 0 aliphatic carbocycles. The summed E-state index contributed by atoms with van der Waals surface area (Å²) in [5.41, 5.74) is 0. The minimum Gasteiger partial charge on any atom is -0.481 e. The van der Waals surface area contributed by atoms with E-state index in [1.165, 1.54) is 21.5 Å². The summed E-state index contributed by atoms with van der Waals surface area (Å²) in [7, 11) is 0. The van der Waals surface area contributed by atoms with Crippen molar-refractivity contribution in [2.45, 2.75) is 38.4 Å². The summed E-state index contributed by atoms with van der Waals surface area (Å²) >= 11 is 2.97. The molecule has 0 saturated carbocycles. The molecule has 0 saturated heterocycles. The second-order valence-corrected chi connectivity index (χ2v) is 6.74. The molecule has 20 heavy (non-hydrogen) atoms. The molecule has 0 radical (unpaired) electrons. The van der Waals surface area contributed by atoms with Gasteiger partial charge in [-0.2, -0.15) is 0 Å². The Morgan fingerprint density at radius 2 is 2.25 bits per heavy atom. The maximum Gasteiger partial charge on any atom is 0.313 e. The fraction of sp³-hybridized carbons (Fsp3) is 0.462. The topological polar surface area (TPSA) is 68.0 Å². The predicted octanol–water partition coefficient (Wildman–Crippen LogP) is 2.83. The van der Waals surface area contributed by atoms with Gasteiger partial charge in [0.05, 0.1) is 12.3 Å². The zero-order chi connectivity index (χ0) is 14.5. The highest BCUT2D eigenvalue weighted by atomic mass is 32.2. The van der Waals surface area contributed by atoms with Crippen molar-refractivity contribution in [3.05, 3.63) is 27.7 Å². The summed E-state index contributed by atoms with van der Waals surface area (Å²) in [6.07, 6.45) is 1.84. The van der Waals surface area contributed by atoms with Gasteiger partial charge in [0, 0.05) is 16.2 Å². The number of carbonyl (C=O) groups is 1. The van der Waals surface area contributed by atoms with Crippen LogP contribution in [0.3, 0.4) is 0 Å². The highest BCUT2D eigenvalue weighted by Crippen LogP contribution is 2.22. The van der Waals surface area contributed by atoms with Crippen molar-refractivity contribution in [3.8, 4) is 0 Å². The van der Waals surface area contributed by atoms with Crippen LogP contribution >= 0.6 is 23.1 Å². The first-order valence-corrected chi connectivity index (χ1v) is 8.22. The normalized spacial score (nSPS) is 10.9. The van der Waals surface area contributed by atoms with Gasteiger partial charge in [0.1, 0.15) is 5.82 Å². The maximum atomic E-state index is 10.7. The molecule has 0 amide bonds. The average Bonchev–Trinajstić information content (AvgIpc) is 2.96. The first kappa shape index (κ1) is 15.1. The van der Waals surface area contributed by atoms with Crippen LogP contribution in [0.4, 0.5) is 0 Å². The minimum absolute atomic E-state index is 0.00767. The van der Waals surface area contributed by atoms with E-state index in [0.717, 1.165) is 18.7 Å².